The van der Waals surface area contributed by atoms with Crippen LogP contribution in [0.15, 0.2) is 0 Å². The number of rotatable bonds is 58. The maximum absolute atomic E-state index is 12.9. The highest BCUT2D eigenvalue weighted by Gasteiger charge is 2.30. The van der Waals surface area contributed by atoms with E-state index in [0.717, 1.165) is 109 Å². The maximum Gasteiger partial charge on any atom is 0.472 e. The van der Waals surface area contributed by atoms with Gasteiger partial charge in [0.2, 0.25) is 0 Å². The predicted molar refractivity (Wildman–Crippen MR) is 317 cm³/mol. The van der Waals surface area contributed by atoms with E-state index in [0.29, 0.717) is 43.4 Å². The van der Waals surface area contributed by atoms with Gasteiger partial charge in [-0.2, -0.15) is 0 Å². The summed E-state index contributed by atoms with van der Waals surface area (Å²) in [7, 11) is -9.88. The van der Waals surface area contributed by atoms with Gasteiger partial charge in [-0.05, 0) is 49.4 Å². The van der Waals surface area contributed by atoms with Crippen molar-refractivity contribution in [2.24, 2.45) is 23.7 Å². The van der Waals surface area contributed by atoms with Crippen LogP contribution in [0.1, 0.15) is 287 Å². The van der Waals surface area contributed by atoms with Crippen LogP contribution in [-0.4, -0.2) is 96.7 Å². The van der Waals surface area contributed by atoms with Crippen molar-refractivity contribution in [1.29, 1.82) is 0 Å². The minimum Gasteiger partial charge on any atom is -0.462 e. The highest BCUT2D eigenvalue weighted by atomic mass is 31.2. The van der Waals surface area contributed by atoms with Crippen LogP contribution < -0.4 is 0 Å². The van der Waals surface area contributed by atoms with Crippen molar-refractivity contribution in [3.05, 3.63) is 0 Å². The number of carbonyl (C=O) groups excluding carboxylic acids is 4. The fourth-order valence-electron chi connectivity index (χ4n) is 8.87. The molecule has 0 aliphatic heterocycles. The molecule has 0 aromatic carbocycles. The number of aliphatic hydroxyl groups excluding tert-OH is 1. The maximum atomic E-state index is 12.9. The summed E-state index contributed by atoms with van der Waals surface area (Å²) in [5.74, 6) is 0.677. The van der Waals surface area contributed by atoms with Crippen LogP contribution in [0.2, 0.25) is 0 Å². The van der Waals surface area contributed by atoms with Crippen molar-refractivity contribution in [1.82, 2.24) is 0 Å². The zero-order valence-corrected chi connectivity index (χ0v) is 53.5. The fourth-order valence-corrected chi connectivity index (χ4v) is 10.4. The molecular formula is C61H118O17P2. The second kappa shape index (κ2) is 51.5. The third-order valence-corrected chi connectivity index (χ3v) is 16.1. The van der Waals surface area contributed by atoms with E-state index in [2.05, 4.69) is 55.4 Å². The molecule has 0 spiro atoms. The lowest BCUT2D eigenvalue weighted by molar-refractivity contribution is -0.161. The molecule has 0 fully saturated rings. The molecule has 0 saturated heterocycles. The smallest absolute Gasteiger partial charge is 0.462 e. The average Bonchev–Trinajstić information content (AvgIpc) is 3.40. The van der Waals surface area contributed by atoms with Crippen molar-refractivity contribution < 1.29 is 80.2 Å². The number of phosphoric ester groups is 2. The lowest BCUT2D eigenvalue weighted by Crippen LogP contribution is -2.30. The molecule has 0 aliphatic rings. The Morgan fingerprint density at radius 3 is 0.887 bits per heavy atom. The molecule has 6 atom stereocenters. The van der Waals surface area contributed by atoms with Gasteiger partial charge >= 0.3 is 39.5 Å². The number of phosphoric acid groups is 2. The van der Waals surface area contributed by atoms with Gasteiger partial charge in [0, 0.05) is 25.7 Å². The van der Waals surface area contributed by atoms with E-state index in [1.165, 1.54) is 77.0 Å². The van der Waals surface area contributed by atoms with Crippen LogP contribution in [-0.2, 0) is 65.4 Å². The Bertz CT molecular complexity index is 1610. The quantitative estimate of drug-likeness (QED) is 0.0222. The number of unbranched alkanes of at least 4 members (excludes halogenated alkanes) is 23. The number of hydrogen-bond donors (Lipinski definition) is 3. The number of esters is 4. The number of hydrogen-bond acceptors (Lipinski definition) is 15. The Balaban J connectivity index is 5.26. The van der Waals surface area contributed by atoms with Crippen molar-refractivity contribution in [3.8, 4) is 0 Å². The zero-order valence-electron chi connectivity index (χ0n) is 51.7. The van der Waals surface area contributed by atoms with E-state index in [1.807, 2.05) is 0 Å². The Morgan fingerprint density at radius 1 is 0.350 bits per heavy atom. The molecule has 80 heavy (non-hydrogen) atoms. The highest BCUT2D eigenvalue weighted by molar-refractivity contribution is 7.47. The normalized spacial score (nSPS) is 14.9. The van der Waals surface area contributed by atoms with E-state index < -0.39 is 97.5 Å². The van der Waals surface area contributed by atoms with Crippen LogP contribution in [0.25, 0.3) is 0 Å². The van der Waals surface area contributed by atoms with Crippen molar-refractivity contribution in [3.63, 3.8) is 0 Å². The summed E-state index contributed by atoms with van der Waals surface area (Å²) in [5, 5.41) is 10.5. The summed E-state index contributed by atoms with van der Waals surface area (Å²) in [6.07, 6.45) is 29.7. The van der Waals surface area contributed by atoms with Crippen LogP contribution in [0, 0.1) is 23.7 Å². The zero-order chi connectivity index (χ0) is 59.7. The van der Waals surface area contributed by atoms with Crippen molar-refractivity contribution >= 4 is 39.5 Å². The Morgan fingerprint density at radius 2 is 0.600 bits per heavy atom. The molecule has 0 amide bonds. The SMILES string of the molecule is CCC(C)CCCCCCCCC(=O)O[C@H](COC(=O)CCCCCCCCCC(C)C)COP(=O)(O)OCC(O)COP(=O)(O)OC[C@@H](COC(=O)CCCCCCCCCC(C)C)OC(=O)CCCCCCCCCC(C)C. The second-order valence-electron chi connectivity index (χ2n) is 23.8. The standard InChI is InChI=1S/C61H118O17P2/c1-9-54(8)40-32-24-19-20-28-36-44-61(66)78-57(48-72-59(64)42-34-26-17-11-14-22-30-38-52(4)5)50-76-80(69,70)74-46-55(62)45-73-79(67,68)75-49-56(77-60(65)43-35-27-18-12-15-23-31-39-53(6)7)47-71-58(63)41-33-25-16-10-13-21-29-37-51(2)3/h51-57,62H,9-50H2,1-8H3,(H,67,68)(H,69,70)/t54?,55?,56-,57-/m1/s1. The molecule has 19 heteroatoms. The van der Waals surface area contributed by atoms with Gasteiger partial charge in [0.25, 0.3) is 0 Å². The first-order valence-corrected chi connectivity index (χ1v) is 34.7. The lowest BCUT2D eigenvalue weighted by Gasteiger charge is -2.21. The lowest BCUT2D eigenvalue weighted by atomic mass is 10.00. The van der Waals surface area contributed by atoms with Gasteiger partial charge in [-0.1, -0.05) is 235 Å². The molecule has 0 aliphatic carbocycles. The fraction of sp³-hybridized carbons (Fsp3) is 0.934. The predicted octanol–water partition coefficient (Wildman–Crippen LogP) is 16.2. The third-order valence-electron chi connectivity index (χ3n) is 14.2. The largest absolute Gasteiger partial charge is 0.472 e. The molecule has 17 nitrogen and oxygen atoms in total. The second-order valence-corrected chi connectivity index (χ2v) is 26.7. The third kappa shape index (κ3) is 54.0. The van der Waals surface area contributed by atoms with E-state index >= 15 is 0 Å². The highest BCUT2D eigenvalue weighted by Crippen LogP contribution is 2.45. The van der Waals surface area contributed by atoms with Crippen molar-refractivity contribution in [2.45, 2.75) is 305 Å². The molecule has 0 radical (unpaired) electrons. The van der Waals surface area contributed by atoms with Gasteiger partial charge in [-0.15, -0.1) is 0 Å². The van der Waals surface area contributed by atoms with E-state index in [4.69, 9.17) is 37.0 Å². The Hall–Kier alpha value is -1.94. The van der Waals surface area contributed by atoms with Gasteiger partial charge in [0.15, 0.2) is 12.2 Å². The van der Waals surface area contributed by atoms with Crippen LogP contribution >= 0.6 is 15.6 Å². The van der Waals surface area contributed by atoms with Gasteiger partial charge in [0.1, 0.15) is 19.3 Å². The number of aliphatic hydroxyl groups is 1. The Labute approximate surface area is 486 Å². The minimum atomic E-state index is -4.94. The van der Waals surface area contributed by atoms with Gasteiger partial charge in [0.05, 0.1) is 26.4 Å². The van der Waals surface area contributed by atoms with Crippen LogP contribution in [0.4, 0.5) is 0 Å². The summed E-state index contributed by atoms with van der Waals surface area (Å²) in [5.41, 5.74) is 0. The number of carbonyl (C=O) groups is 4. The molecule has 0 heterocycles. The first kappa shape index (κ1) is 78.1. The van der Waals surface area contributed by atoms with Gasteiger partial charge in [-0.25, -0.2) is 9.13 Å². The summed E-state index contributed by atoms with van der Waals surface area (Å²) in [6.45, 7) is 13.8. The first-order chi connectivity index (χ1) is 38.1. The van der Waals surface area contributed by atoms with Crippen molar-refractivity contribution in [2.75, 3.05) is 39.6 Å². The summed E-state index contributed by atoms with van der Waals surface area (Å²) in [4.78, 5) is 72.0. The molecule has 0 saturated carbocycles. The molecule has 0 bridgehead atoms. The van der Waals surface area contributed by atoms with Gasteiger partial charge in [-0.3, -0.25) is 37.3 Å². The van der Waals surface area contributed by atoms with E-state index in [1.54, 1.807) is 0 Å². The molecule has 0 rings (SSSR count). The Kier molecular flexibility index (Phi) is 50.2. The molecule has 474 valence electrons. The topological polar surface area (TPSA) is 237 Å². The molecule has 3 N–H and O–H groups in total. The molecular weight excluding hydrogens is 1070 g/mol. The molecule has 4 unspecified atom stereocenters. The minimum absolute atomic E-state index is 0.101. The first-order valence-electron chi connectivity index (χ1n) is 31.7. The average molecular weight is 1190 g/mol. The monoisotopic (exact) mass is 1180 g/mol. The van der Waals surface area contributed by atoms with Gasteiger partial charge < -0.3 is 33.8 Å². The molecule has 0 aromatic heterocycles. The van der Waals surface area contributed by atoms with E-state index in [9.17, 15) is 43.2 Å². The molecule has 0 aromatic rings. The summed E-state index contributed by atoms with van der Waals surface area (Å²) in [6, 6.07) is 0. The summed E-state index contributed by atoms with van der Waals surface area (Å²) >= 11 is 0. The summed E-state index contributed by atoms with van der Waals surface area (Å²) < 4.78 is 67.8. The van der Waals surface area contributed by atoms with Crippen LogP contribution in [0.3, 0.4) is 0 Å². The number of ether oxygens (including phenoxy) is 4. The van der Waals surface area contributed by atoms with E-state index in [-0.39, 0.29) is 25.7 Å². The van der Waals surface area contributed by atoms with Crippen LogP contribution in [0.5, 0.6) is 0 Å².